The van der Waals surface area contributed by atoms with Gasteiger partial charge in [-0.25, -0.2) is 0 Å². The molecule has 0 unspecified atom stereocenters. The highest BCUT2D eigenvalue weighted by atomic mass is 16.5. The molecule has 5 heteroatoms. The second-order valence-electron chi connectivity index (χ2n) is 4.78. The van der Waals surface area contributed by atoms with Crippen molar-refractivity contribution in [2.24, 2.45) is 0 Å². The number of carbonyl (C=O) groups is 1. The monoisotopic (exact) mass is 267 g/mol. The maximum atomic E-state index is 12.3. The van der Waals surface area contributed by atoms with Crippen LogP contribution in [0.5, 0.6) is 0 Å². The number of hydrogen-bond acceptors (Lipinski definition) is 3. The van der Waals surface area contributed by atoms with Gasteiger partial charge >= 0.3 is 5.97 Å². The highest BCUT2D eigenvalue weighted by Crippen LogP contribution is 2.13. The molecule has 1 heterocycles. The molecule has 1 aromatic heterocycles. The number of pyridine rings is 1. The van der Waals surface area contributed by atoms with Gasteiger partial charge in [0.15, 0.2) is 0 Å². The van der Waals surface area contributed by atoms with E-state index in [-0.39, 0.29) is 24.3 Å². The predicted octanol–water partition coefficient (Wildman–Crippen LogP) is 1.64. The normalized spacial score (nSPS) is 10.9. The molecule has 1 aromatic rings. The second kappa shape index (κ2) is 7.09. The van der Waals surface area contributed by atoms with E-state index in [0.717, 1.165) is 5.69 Å². The van der Waals surface area contributed by atoms with Crippen molar-refractivity contribution in [3.63, 3.8) is 0 Å². The molecule has 19 heavy (non-hydrogen) atoms. The molecule has 0 aromatic carbocycles. The van der Waals surface area contributed by atoms with Gasteiger partial charge in [0, 0.05) is 31.3 Å². The fourth-order valence-electron chi connectivity index (χ4n) is 1.99. The molecule has 0 aliphatic heterocycles. The summed E-state index contributed by atoms with van der Waals surface area (Å²) in [6.45, 7) is 5.00. The minimum Gasteiger partial charge on any atom is -0.481 e. The third-order valence-corrected chi connectivity index (χ3v) is 3.01. The molecule has 0 bridgehead atoms. The van der Waals surface area contributed by atoms with Crippen LogP contribution in [-0.2, 0) is 22.5 Å². The summed E-state index contributed by atoms with van der Waals surface area (Å²) in [6, 6.07) is 3.64. The lowest BCUT2D eigenvalue weighted by molar-refractivity contribution is -0.136. The maximum absolute atomic E-state index is 12.3. The van der Waals surface area contributed by atoms with Crippen molar-refractivity contribution in [1.29, 1.82) is 0 Å². The molecule has 5 nitrogen and oxygen atoms in total. The number of carboxylic acids is 1. The third-order valence-electron chi connectivity index (χ3n) is 3.01. The molecule has 0 aliphatic rings. The quantitative estimate of drug-likeness (QED) is 0.815. The Bertz CT molecular complexity index is 491. The first-order valence-electron chi connectivity index (χ1n) is 6.40. The zero-order valence-electron chi connectivity index (χ0n) is 11.7. The average Bonchev–Trinajstić information content (AvgIpc) is 2.35. The van der Waals surface area contributed by atoms with E-state index in [1.807, 2.05) is 19.9 Å². The Kier molecular flexibility index (Phi) is 5.76. The van der Waals surface area contributed by atoms with Crippen molar-refractivity contribution >= 4 is 5.97 Å². The van der Waals surface area contributed by atoms with Gasteiger partial charge in [0.1, 0.15) is 0 Å². The molecule has 1 rings (SSSR count). The van der Waals surface area contributed by atoms with Gasteiger partial charge in [0.05, 0.1) is 6.61 Å². The van der Waals surface area contributed by atoms with E-state index in [2.05, 4.69) is 0 Å². The lowest BCUT2D eigenvalue weighted by Crippen LogP contribution is -2.29. The fraction of sp³-hybridized carbons (Fsp3) is 0.571. The molecule has 0 amide bonds. The molecular formula is C14H21NO4. The number of methoxy groups -OCH3 is 1. The summed E-state index contributed by atoms with van der Waals surface area (Å²) in [5.41, 5.74) is 1.38. The lowest BCUT2D eigenvalue weighted by atomic mass is 10.1. The third kappa shape index (κ3) is 4.21. The SMILES string of the molecule is COCCn1c(C(C)C)ccc(CCC(=O)O)c1=O. The van der Waals surface area contributed by atoms with Crippen LogP contribution in [-0.4, -0.2) is 29.4 Å². The van der Waals surface area contributed by atoms with Crippen LogP contribution in [0, 0.1) is 0 Å². The van der Waals surface area contributed by atoms with Crippen molar-refractivity contribution in [2.75, 3.05) is 13.7 Å². The number of carboxylic acid groups (broad SMARTS) is 1. The van der Waals surface area contributed by atoms with Crippen molar-refractivity contribution in [3.8, 4) is 0 Å². The van der Waals surface area contributed by atoms with Crippen molar-refractivity contribution in [3.05, 3.63) is 33.7 Å². The van der Waals surface area contributed by atoms with Gasteiger partial charge in [-0.1, -0.05) is 19.9 Å². The van der Waals surface area contributed by atoms with Gasteiger partial charge in [-0.3, -0.25) is 9.59 Å². The van der Waals surface area contributed by atoms with E-state index >= 15 is 0 Å². The summed E-state index contributed by atoms with van der Waals surface area (Å²) >= 11 is 0. The molecule has 0 radical (unpaired) electrons. The number of aromatic nitrogens is 1. The van der Waals surface area contributed by atoms with Crippen molar-refractivity contribution < 1.29 is 14.6 Å². The molecule has 0 saturated heterocycles. The van der Waals surface area contributed by atoms with Crippen LogP contribution in [0.1, 0.15) is 37.4 Å². The second-order valence-corrected chi connectivity index (χ2v) is 4.78. The summed E-state index contributed by atoms with van der Waals surface area (Å²) in [6.07, 6.45) is 0.236. The molecule has 1 N–H and O–H groups in total. The molecule has 106 valence electrons. The Balaban J connectivity index is 3.10. The topological polar surface area (TPSA) is 68.5 Å². The maximum Gasteiger partial charge on any atom is 0.303 e. The highest BCUT2D eigenvalue weighted by Gasteiger charge is 2.12. The van der Waals surface area contributed by atoms with Crippen LogP contribution in [0.25, 0.3) is 0 Å². The lowest BCUT2D eigenvalue weighted by Gasteiger charge is -2.16. The Labute approximate surface area is 112 Å². The molecular weight excluding hydrogens is 246 g/mol. The summed E-state index contributed by atoms with van der Waals surface area (Å²) < 4.78 is 6.71. The number of ether oxygens (including phenoxy) is 1. The van der Waals surface area contributed by atoms with E-state index < -0.39 is 5.97 Å². The van der Waals surface area contributed by atoms with Gasteiger partial charge in [0.25, 0.3) is 5.56 Å². The minimum atomic E-state index is -0.893. The first-order chi connectivity index (χ1) is 8.97. The number of aliphatic carboxylic acids is 1. The number of nitrogens with zero attached hydrogens (tertiary/aromatic N) is 1. The Morgan fingerprint density at radius 2 is 2.11 bits per heavy atom. The van der Waals surface area contributed by atoms with Crippen molar-refractivity contribution in [1.82, 2.24) is 4.57 Å². The van der Waals surface area contributed by atoms with Crippen LogP contribution in [0.2, 0.25) is 0 Å². The summed E-state index contributed by atoms with van der Waals surface area (Å²) in [5.74, 6) is -0.658. The average molecular weight is 267 g/mol. The molecule has 0 aliphatic carbocycles. The van der Waals surface area contributed by atoms with Gasteiger partial charge < -0.3 is 14.4 Å². The first-order valence-corrected chi connectivity index (χ1v) is 6.40. The summed E-state index contributed by atoms with van der Waals surface area (Å²) in [4.78, 5) is 22.9. The van der Waals surface area contributed by atoms with Gasteiger partial charge in [-0.05, 0) is 18.4 Å². The Hall–Kier alpha value is -1.62. The predicted molar refractivity (Wildman–Crippen MR) is 72.6 cm³/mol. The van der Waals surface area contributed by atoms with Gasteiger partial charge in [-0.2, -0.15) is 0 Å². The fourth-order valence-corrected chi connectivity index (χ4v) is 1.99. The number of aryl methyl sites for hydroxylation is 1. The van der Waals surface area contributed by atoms with Gasteiger partial charge in [0.2, 0.25) is 0 Å². The molecule has 0 spiro atoms. The Morgan fingerprint density at radius 1 is 1.42 bits per heavy atom. The molecule has 0 atom stereocenters. The summed E-state index contributed by atoms with van der Waals surface area (Å²) in [5, 5.41) is 8.69. The van der Waals surface area contributed by atoms with E-state index in [4.69, 9.17) is 9.84 Å². The van der Waals surface area contributed by atoms with E-state index in [1.54, 1.807) is 17.7 Å². The van der Waals surface area contributed by atoms with E-state index in [9.17, 15) is 9.59 Å². The van der Waals surface area contributed by atoms with Crippen LogP contribution >= 0.6 is 0 Å². The van der Waals surface area contributed by atoms with Crippen LogP contribution < -0.4 is 5.56 Å². The number of hydrogen-bond donors (Lipinski definition) is 1. The smallest absolute Gasteiger partial charge is 0.303 e. The van der Waals surface area contributed by atoms with Gasteiger partial charge in [-0.15, -0.1) is 0 Å². The van der Waals surface area contributed by atoms with Crippen LogP contribution in [0.4, 0.5) is 0 Å². The zero-order valence-corrected chi connectivity index (χ0v) is 11.7. The Morgan fingerprint density at radius 3 is 2.63 bits per heavy atom. The first kappa shape index (κ1) is 15.4. The van der Waals surface area contributed by atoms with E-state index in [0.29, 0.717) is 18.7 Å². The molecule has 0 saturated carbocycles. The van der Waals surface area contributed by atoms with Crippen molar-refractivity contribution in [2.45, 2.75) is 39.2 Å². The summed E-state index contributed by atoms with van der Waals surface area (Å²) in [7, 11) is 1.59. The van der Waals surface area contributed by atoms with Crippen LogP contribution in [0.15, 0.2) is 16.9 Å². The zero-order chi connectivity index (χ0) is 14.4. The van der Waals surface area contributed by atoms with E-state index in [1.165, 1.54) is 0 Å². The standard InChI is InChI=1S/C14H21NO4/c1-10(2)12-6-4-11(5-7-13(16)17)14(18)15(12)8-9-19-3/h4,6,10H,5,7-9H2,1-3H3,(H,16,17). The molecule has 0 fully saturated rings. The minimum absolute atomic E-state index is 0.0272. The largest absolute Gasteiger partial charge is 0.481 e. The number of rotatable bonds is 7. The highest BCUT2D eigenvalue weighted by molar-refractivity contribution is 5.67. The van der Waals surface area contributed by atoms with Crippen LogP contribution in [0.3, 0.4) is 0 Å².